The molecule has 3 amide bonds. The van der Waals surface area contributed by atoms with E-state index in [1.54, 1.807) is 55.5 Å². The lowest BCUT2D eigenvalue weighted by Gasteiger charge is -2.23. The standard InChI is InChI=1S/C20H18N2O5/c1-11-8-9-14-15(10-11)19(25)22(18(14)24)12(2)20(26)27-16(17(21)23)13-6-4-3-5-7-13/h3-10,12,16H,1-2H3,(H2,21,23). The normalized spacial score (nSPS) is 15.3. The maximum absolute atomic E-state index is 12.6. The smallest absolute Gasteiger partial charge is 0.330 e. The van der Waals surface area contributed by atoms with Crippen molar-refractivity contribution in [3.05, 3.63) is 70.8 Å². The molecular formula is C20H18N2O5. The Morgan fingerprint density at radius 3 is 2.26 bits per heavy atom. The van der Waals surface area contributed by atoms with Crippen molar-refractivity contribution in [2.24, 2.45) is 5.73 Å². The maximum atomic E-state index is 12.6. The number of fused-ring (bicyclic) bond motifs is 1. The number of nitrogens with zero attached hydrogens (tertiary/aromatic N) is 1. The molecule has 7 nitrogen and oxygen atoms in total. The molecule has 0 spiro atoms. The van der Waals surface area contributed by atoms with Crippen LogP contribution in [0, 0.1) is 6.92 Å². The first-order valence-corrected chi connectivity index (χ1v) is 8.34. The lowest BCUT2D eigenvalue weighted by atomic mass is 10.1. The number of amides is 3. The van der Waals surface area contributed by atoms with E-state index in [9.17, 15) is 19.2 Å². The van der Waals surface area contributed by atoms with Crippen molar-refractivity contribution in [3.63, 3.8) is 0 Å². The summed E-state index contributed by atoms with van der Waals surface area (Å²) in [7, 11) is 0. The molecule has 0 radical (unpaired) electrons. The predicted octanol–water partition coefficient (Wildman–Crippen LogP) is 1.75. The Kier molecular flexibility index (Phi) is 4.77. The van der Waals surface area contributed by atoms with Crippen LogP contribution in [0.4, 0.5) is 0 Å². The van der Waals surface area contributed by atoms with E-state index >= 15 is 0 Å². The number of nitrogens with two attached hydrogens (primary N) is 1. The molecule has 1 aliphatic heterocycles. The van der Waals surface area contributed by atoms with Gasteiger partial charge in [-0.3, -0.25) is 19.3 Å². The number of esters is 1. The van der Waals surface area contributed by atoms with Crippen LogP contribution in [0.25, 0.3) is 0 Å². The second-order valence-electron chi connectivity index (χ2n) is 6.34. The lowest BCUT2D eigenvalue weighted by Crippen LogP contribution is -2.44. The van der Waals surface area contributed by atoms with E-state index in [1.807, 2.05) is 0 Å². The lowest BCUT2D eigenvalue weighted by molar-refractivity contribution is -0.158. The van der Waals surface area contributed by atoms with Crippen LogP contribution >= 0.6 is 0 Å². The predicted molar refractivity (Wildman–Crippen MR) is 95.6 cm³/mol. The van der Waals surface area contributed by atoms with Crippen LogP contribution in [0.1, 0.15) is 44.9 Å². The van der Waals surface area contributed by atoms with Crippen molar-refractivity contribution in [2.75, 3.05) is 0 Å². The SMILES string of the molecule is Cc1ccc2c(c1)C(=O)N(C(C)C(=O)OC(C(N)=O)c1ccccc1)C2=O. The molecule has 138 valence electrons. The molecule has 2 unspecified atom stereocenters. The molecule has 0 saturated carbocycles. The van der Waals surface area contributed by atoms with Gasteiger partial charge in [0.15, 0.2) is 0 Å². The molecule has 3 rings (SSSR count). The molecule has 0 aromatic heterocycles. The van der Waals surface area contributed by atoms with Crippen LogP contribution in [0.15, 0.2) is 48.5 Å². The van der Waals surface area contributed by atoms with Crippen LogP contribution in [0.2, 0.25) is 0 Å². The van der Waals surface area contributed by atoms with Crippen LogP contribution in [0.3, 0.4) is 0 Å². The minimum atomic E-state index is -1.31. The molecule has 0 bridgehead atoms. The molecule has 0 fully saturated rings. The Morgan fingerprint density at radius 2 is 1.63 bits per heavy atom. The van der Waals surface area contributed by atoms with Crippen molar-refractivity contribution in [2.45, 2.75) is 26.0 Å². The van der Waals surface area contributed by atoms with Gasteiger partial charge in [0.05, 0.1) is 11.1 Å². The highest BCUT2D eigenvalue weighted by Gasteiger charge is 2.42. The molecule has 2 atom stereocenters. The van der Waals surface area contributed by atoms with Gasteiger partial charge in [0, 0.05) is 5.56 Å². The third-order valence-corrected chi connectivity index (χ3v) is 4.40. The molecule has 2 aromatic carbocycles. The van der Waals surface area contributed by atoms with Gasteiger partial charge in [0.1, 0.15) is 6.04 Å². The van der Waals surface area contributed by atoms with E-state index in [4.69, 9.17) is 10.5 Å². The van der Waals surface area contributed by atoms with Gasteiger partial charge in [-0.2, -0.15) is 0 Å². The summed E-state index contributed by atoms with van der Waals surface area (Å²) < 4.78 is 5.23. The van der Waals surface area contributed by atoms with E-state index in [2.05, 4.69) is 0 Å². The largest absolute Gasteiger partial charge is 0.446 e. The molecule has 7 heteroatoms. The van der Waals surface area contributed by atoms with E-state index in [0.29, 0.717) is 5.56 Å². The highest BCUT2D eigenvalue weighted by Crippen LogP contribution is 2.27. The molecule has 0 aliphatic carbocycles. The number of rotatable bonds is 5. The van der Waals surface area contributed by atoms with E-state index < -0.39 is 35.8 Å². The molecule has 1 aliphatic rings. The number of carbonyl (C=O) groups excluding carboxylic acids is 4. The summed E-state index contributed by atoms with van der Waals surface area (Å²) in [6, 6.07) is 12.0. The van der Waals surface area contributed by atoms with Crippen LogP contribution in [-0.2, 0) is 14.3 Å². The summed E-state index contributed by atoms with van der Waals surface area (Å²) in [5.41, 5.74) is 7.06. The van der Waals surface area contributed by atoms with E-state index in [1.165, 1.54) is 6.92 Å². The fourth-order valence-corrected chi connectivity index (χ4v) is 2.96. The molecule has 27 heavy (non-hydrogen) atoms. The number of imide groups is 1. The summed E-state index contributed by atoms with van der Waals surface area (Å²) in [4.78, 5) is 50.3. The Balaban J connectivity index is 1.82. The Morgan fingerprint density at radius 1 is 1.00 bits per heavy atom. The topological polar surface area (TPSA) is 107 Å². The van der Waals surface area contributed by atoms with Crippen LogP contribution in [0.5, 0.6) is 0 Å². The van der Waals surface area contributed by atoms with Crippen molar-refractivity contribution in [1.82, 2.24) is 4.90 Å². The van der Waals surface area contributed by atoms with Crippen LogP contribution in [-0.4, -0.2) is 34.6 Å². The minimum absolute atomic E-state index is 0.236. The van der Waals surface area contributed by atoms with Gasteiger partial charge in [-0.15, -0.1) is 0 Å². The highest BCUT2D eigenvalue weighted by atomic mass is 16.5. The molecule has 2 aromatic rings. The third kappa shape index (κ3) is 3.31. The van der Waals surface area contributed by atoms with Gasteiger partial charge in [-0.1, -0.05) is 42.0 Å². The number of hydrogen-bond donors (Lipinski definition) is 1. The van der Waals surface area contributed by atoms with Crippen molar-refractivity contribution in [3.8, 4) is 0 Å². The third-order valence-electron chi connectivity index (χ3n) is 4.40. The summed E-state index contributed by atoms with van der Waals surface area (Å²) in [5, 5.41) is 0. The summed E-state index contributed by atoms with van der Waals surface area (Å²) in [6.45, 7) is 3.18. The van der Waals surface area contributed by atoms with Gasteiger partial charge in [-0.25, -0.2) is 4.79 Å². The number of carbonyl (C=O) groups is 4. The Labute approximate surface area is 155 Å². The van der Waals surface area contributed by atoms with Crippen molar-refractivity contribution in [1.29, 1.82) is 0 Å². The zero-order valence-electron chi connectivity index (χ0n) is 14.8. The first-order valence-electron chi connectivity index (χ1n) is 8.34. The van der Waals surface area contributed by atoms with Gasteiger partial charge < -0.3 is 10.5 Å². The van der Waals surface area contributed by atoms with Crippen LogP contribution < -0.4 is 5.73 Å². The van der Waals surface area contributed by atoms with Crippen molar-refractivity contribution < 1.29 is 23.9 Å². The molecule has 0 saturated heterocycles. The van der Waals surface area contributed by atoms with Gasteiger partial charge >= 0.3 is 5.97 Å². The Bertz CT molecular complexity index is 939. The highest BCUT2D eigenvalue weighted by molar-refractivity contribution is 6.22. The monoisotopic (exact) mass is 366 g/mol. The van der Waals surface area contributed by atoms with Crippen molar-refractivity contribution >= 4 is 23.7 Å². The second-order valence-corrected chi connectivity index (χ2v) is 6.34. The minimum Gasteiger partial charge on any atom is -0.446 e. The van der Waals surface area contributed by atoms with Gasteiger partial charge in [-0.05, 0) is 26.0 Å². The molecule has 2 N–H and O–H groups in total. The first kappa shape index (κ1) is 18.3. The second kappa shape index (κ2) is 7.03. The number of primary amides is 1. The zero-order valence-corrected chi connectivity index (χ0v) is 14.8. The molecular weight excluding hydrogens is 348 g/mol. The van der Waals surface area contributed by atoms with E-state index in [-0.39, 0.29) is 11.1 Å². The summed E-state index contributed by atoms with van der Waals surface area (Å²) >= 11 is 0. The number of benzene rings is 2. The zero-order chi connectivity index (χ0) is 19.7. The van der Waals surface area contributed by atoms with Gasteiger partial charge in [0.2, 0.25) is 6.10 Å². The average molecular weight is 366 g/mol. The number of ether oxygens (including phenoxy) is 1. The maximum Gasteiger partial charge on any atom is 0.330 e. The Hall–Kier alpha value is -3.48. The fraction of sp³-hybridized carbons (Fsp3) is 0.200. The van der Waals surface area contributed by atoms with Gasteiger partial charge in [0.25, 0.3) is 17.7 Å². The summed E-state index contributed by atoms with van der Waals surface area (Å²) in [5.74, 6) is -2.89. The number of aryl methyl sites for hydroxylation is 1. The summed E-state index contributed by atoms with van der Waals surface area (Å²) in [6.07, 6.45) is -1.31. The van der Waals surface area contributed by atoms with E-state index in [0.717, 1.165) is 10.5 Å². The first-order chi connectivity index (χ1) is 12.8. The average Bonchev–Trinajstić information content (AvgIpc) is 2.89. The number of hydrogen-bond acceptors (Lipinski definition) is 5. The fourth-order valence-electron chi connectivity index (χ4n) is 2.96. The molecule has 1 heterocycles. The quantitative estimate of drug-likeness (QED) is 0.641.